The van der Waals surface area contributed by atoms with Gasteiger partial charge < -0.3 is 10.1 Å². The van der Waals surface area contributed by atoms with Crippen LogP contribution in [0.1, 0.15) is 18.1 Å². The van der Waals surface area contributed by atoms with Gasteiger partial charge in [0.25, 0.3) is 0 Å². The van der Waals surface area contributed by atoms with Gasteiger partial charge in [-0.2, -0.15) is 0 Å². The Bertz CT molecular complexity index is 1070. The predicted octanol–water partition coefficient (Wildman–Crippen LogP) is 5.15. The molecule has 6 nitrogen and oxygen atoms in total. The van der Waals surface area contributed by atoms with Gasteiger partial charge in [-0.15, -0.1) is 11.3 Å². The van der Waals surface area contributed by atoms with Crippen molar-refractivity contribution in [3.8, 4) is 22.8 Å². The molecule has 7 heteroatoms. The highest BCUT2D eigenvalue weighted by Gasteiger charge is 2.10. The van der Waals surface area contributed by atoms with Gasteiger partial charge in [-0.05, 0) is 56.2 Å². The molecule has 0 aliphatic carbocycles. The summed E-state index contributed by atoms with van der Waals surface area (Å²) in [6.07, 6.45) is 7.17. The smallest absolute Gasteiger partial charge is 0.187 e. The highest BCUT2D eigenvalue weighted by Crippen LogP contribution is 2.31. The molecule has 0 aliphatic heterocycles. The van der Waals surface area contributed by atoms with Crippen molar-refractivity contribution < 1.29 is 4.74 Å². The summed E-state index contributed by atoms with van der Waals surface area (Å²) in [5.74, 6) is 1.75. The van der Waals surface area contributed by atoms with E-state index in [9.17, 15) is 0 Å². The van der Waals surface area contributed by atoms with E-state index < -0.39 is 0 Å². The molecule has 142 valence electrons. The second-order valence-corrected chi connectivity index (χ2v) is 7.26. The van der Waals surface area contributed by atoms with Gasteiger partial charge in [0.2, 0.25) is 0 Å². The molecule has 3 heterocycles. The number of rotatable bonds is 6. The molecule has 1 N–H and O–H groups in total. The number of anilines is 2. The van der Waals surface area contributed by atoms with Crippen molar-refractivity contribution in [2.75, 3.05) is 11.9 Å². The predicted molar refractivity (Wildman–Crippen MR) is 113 cm³/mol. The molecule has 3 aromatic heterocycles. The highest BCUT2D eigenvalue weighted by atomic mass is 32.1. The number of benzene rings is 1. The van der Waals surface area contributed by atoms with Crippen LogP contribution in [0, 0.1) is 13.8 Å². The van der Waals surface area contributed by atoms with Gasteiger partial charge in [-0.25, -0.2) is 15.0 Å². The number of imidazole rings is 1. The van der Waals surface area contributed by atoms with Crippen molar-refractivity contribution in [2.24, 2.45) is 0 Å². The number of aromatic nitrogens is 4. The quantitative estimate of drug-likeness (QED) is 0.492. The number of thiazole rings is 1. The first-order valence-electron chi connectivity index (χ1n) is 9.05. The van der Waals surface area contributed by atoms with Crippen molar-refractivity contribution in [2.45, 2.75) is 20.8 Å². The lowest BCUT2D eigenvalue weighted by atomic mass is 10.1. The van der Waals surface area contributed by atoms with E-state index in [0.717, 1.165) is 44.8 Å². The number of hydrogen-bond donors (Lipinski definition) is 1. The summed E-state index contributed by atoms with van der Waals surface area (Å²) >= 11 is 1.57. The third-order valence-electron chi connectivity index (χ3n) is 4.38. The summed E-state index contributed by atoms with van der Waals surface area (Å²) in [5.41, 5.74) is 5.14. The third-order valence-corrected chi connectivity index (χ3v) is 5.14. The van der Waals surface area contributed by atoms with E-state index in [1.165, 1.54) is 0 Å². The van der Waals surface area contributed by atoms with Crippen LogP contribution in [0.5, 0.6) is 5.75 Å². The van der Waals surface area contributed by atoms with Gasteiger partial charge in [-0.1, -0.05) is 0 Å². The molecule has 0 amide bonds. The Morgan fingerprint density at radius 1 is 1.18 bits per heavy atom. The van der Waals surface area contributed by atoms with E-state index >= 15 is 0 Å². The van der Waals surface area contributed by atoms with Crippen molar-refractivity contribution in [1.82, 2.24) is 19.5 Å². The molecule has 0 unspecified atom stereocenters. The molecule has 4 rings (SSSR count). The van der Waals surface area contributed by atoms with Crippen LogP contribution in [0.2, 0.25) is 0 Å². The zero-order chi connectivity index (χ0) is 19.5. The summed E-state index contributed by atoms with van der Waals surface area (Å²) in [6.45, 7) is 6.78. The maximum Gasteiger partial charge on any atom is 0.187 e. The number of nitrogens with zero attached hydrogens (tertiary/aromatic N) is 4. The summed E-state index contributed by atoms with van der Waals surface area (Å²) in [4.78, 5) is 13.3. The molecular weight excluding hydrogens is 370 g/mol. The first-order valence-corrected chi connectivity index (χ1v) is 9.93. The summed E-state index contributed by atoms with van der Waals surface area (Å²) in [7, 11) is 0. The molecule has 0 fully saturated rings. The van der Waals surface area contributed by atoms with Gasteiger partial charge in [0, 0.05) is 35.2 Å². The van der Waals surface area contributed by atoms with Gasteiger partial charge in [0.05, 0.1) is 12.3 Å². The maximum absolute atomic E-state index is 5.67. The Hall–Kier alpha value is -3.19. The summed E-state index contributed by atoms with van der Waals surface area (Å²) in [5, 5.41) is 6.31. The van der Waals surface area contributed by atoms with Gasteiger partial charge in [-0.3, -0.25) is 4.57 Å². The van der Waals surface area contributed by atoms with Crippen LogP contribution in [0.25, 0.3) is 17.1 Å². The Kier molecular flexibility index (Phi) is 5.08. The van der Waals surface area contributed by atoms with Gasteiger partial charge in [0.15, 0.2) is 5.13 Å². The Morgan fingerprint density at radius 2 is 2.07 bits per heavy atom. The van der Waals surface area contributed by atoms with Crippen LogP contribution in [-0.2, 0) is 0 Å². The zero-order valence-electron chi connectivity index (χ0n) is 16.0. The van der Waals surface area contributed by atoms with E-state index in [0.29, 0.717) is 6.61 Å². The lowest BCUT2D eigenvalue weighted by Gasteiger charge is -2.12. The fourth-order valence-electron chi connectivity index (χ4n) is 2.90. The second kappa shape index (κ2) is 7.82. The first-order chi connectivity index (χ1) is 13.6. The van der Waals surface area contributed by atoms with Crippen LogP contribution < -0.4 is 10.1 Å². The third kappa shape index (κ3) is 3.75. The van der Waals surface area contributed by atoms with E-state index in [2.05, 4.69) is 41.3 Å². The van der Waals surface area contributed by atoms with Gasteiger partial charge >= 0.3 is 0 Å². The lowest BCUT2D eigenvalue weighted by Crippen LogP contribution is -1.98. The van der Waals surface area contributed by atoms with Crippen molar-refractivity contribution in [3.63, 3.8) is 0 Å². The average molecular weight is 392 g/mol. The molecule has 1 aromatic carbocycles. The minimum absolute atomic E-state index is 0.663. The van der Waals surface area contributed by atoms with E-state index in [1.807, 2.05) is 41.4 Å². The molecule has 0 aliphatic rings. The molecule has 0 saturated heterocycles. The van der Waals surface area contributed by atoms with E-state index in [1.54, 1.807) is 23.9 Å². The normalized spacial score (nSPS) is 10.8. The number of nitrogens with one attached hydrogen (secondary N) is 1. The molecular formula is C21H21N5OS. The fraction of sp³-hybridized carbons (Fsp3) is 0.190. The van der Waals surface area contributed by atoms with Crippen LogP contribution in [0.15, 0.2) is 54.6 Å². The minimum atomic E-state index is 0.663. The van der Waals surface area contributed by atoms with Crippen LogP contribution in [0.3, 0.4) is 0 Å². The van der Waals surface area contributed by atoms with E-state index in [-0.39, 0.29) is 0 Å². The van der Waals surface area contributed by atoms with Crippen molar-refractivity contribution in [1.29, 1.82) is 0 Å². The van der Waals surface area contributed by atoms with Crippen LogP contribution in [0.4, 0.5) is 10.8 Å². The van der Waals surface area contributed by atoms with Crippen LogP contribution in [-0.4, -0.2) is 26.1 Å². The van der Waals surface area contributed by atoms with Crippen molar-refractivity contribution in [3.05, 3.63) is 65.7 Å². The Labute approximate surface area is 167 Å². The van der Waals surface area contributed by atoms with E-state index in [4.69, 9.17) is 9.72 Å². The highest BCUT2D eigenvalue weighted by molar-refractivity contribution is 7.14. The van der Waals surface area contributed by atoms with Crippen molar-refractivity contribution >= 4 is 22.2 Å². The Morgan fingerprint density at radius 3 is 2.79 bits per heavy atom. The monoisotopic (exact) mass is 391 g/mol. The molecule has 0 saturated carbocycles. The molecule has 0 spiro atoms. The largest absolute Gasteiger partial charge is 0.494 e. The second-order valence-electron chi connectivity index (χ2n) is 6.40. The first kappa shape index (κ1) is 18.2. The molecule has 0 bridgehead atoms. The standard InChI is InChI=1S/C21H21N5OS/c1-4-27-19-10-14(2)17(9-15(19)3)24-21-25-18(12-28-21)16-5-6-20(23-11-16)26-8-7-22-13-26/h5-13H,4H2,1-3H3,(H,24,25). The molecule has 0 atom stereocenters. The summed E-state index contributed by atoms with van der Waals surface area (Å²) in [6, 6.07) is 8.15. The Balaban J connectivity index is 1.53. The summed E-state index contributed by atoms with van der Waals surface area (Å²) < 4.78 is 7.54. The minimum Gasteiger partial charge on any atom is -0.494 e. The van der Waals surface area contributed by atoms with Crippen LogP contribution >= 0.6 is 11.3 Å². The fourth-order valence-corrected chi connectivity index (χ4v) is 3.63. The molecule has 0 radical (unpaired) electrons. The topological polar surface area (TPSA) is 64.9 Å². The van der Waals surface area contributed by atoms with Gasteiger partial charge in [0.1, 0.15) is 17.9 Å². The number of aryl methyl sites for hydroxylation is 2. The lowest BCUT2D eigenvalue weighted by molar-refractivity contribution is 0.338. The number of ether oxygens (including phenoxy) is 1. The maximum atomic E-state index is 5.67. The SMILES string of the molecule is CCOc1cc(C)c(Nc2nc(-c3ccc(-n4ccnc4)nc3)cs2)cc1C. The molecule has 28 heavy (non-hydrogen) atoms. The number of hydrogen-bond acceptors (Lipinski definition) is 6. The average Bonchev–Trinajstić information content (AvgIpc) is 3.38. The number of pyridine rings is 1. The zero-order valence-corrected chi connectivity index (χ0v) is 16.8. The molecule has 4 aromatic rings.